The molecule has 0 radical (unpaired) electrons. The number of benzene rings is 1. The number of rotatable bonds is 4. The van der Waals surface area contributed by atoms with E-state index < -0.39 is 0 Å². The number of carbonyl (C=O) groups is 1. The van der Waals surface area contributed by atoms with E-state index in [4.69, 9.17) is 4.74 Å². The molecule has 21 heavy (non-hydrogen) atoms. The van der Waals surface area contributed by atoms with Crippen LogP contribution in [0, 0.1) is 6.92 Å². The normalized spacial score (nSPS) is 10.8. The highest BCUT2D eigenvalue weighted by atomic mass is 32.1. The number of carbonyl (C=O) groups excluding carboxylic acids is 1. The SMILES string of the molecule is CC(=O)c1ccc(COc2nc(C)nc3sccc23)cc1. The summed E-state index contributed by atoms with van der Waals surface area (Å²) < 4.78 is 5.82. The molecule has 1 aromatic carbocycles. The Morgan fingerprint density at radius 1 is 1.19 bits per heavy atom. The standard InChI is InChI=1S/C16H14N2O2S/c1-10(19)13-5-3-12(4-6-13)9-20-15-14-7-8-21-16(14)18-11(2)17-15/h3-8H,9H2,1-2H3. The van der Waals surface area contributed by atoms with Crippen LogP contribution in [0.3, 0.4) is 0 Å². The van der Waals surface area contributed by atoms with Crippen LogP contribution in [0.4, 0.5) is 0 Å². The molecule has 0 saturated heterocycles. The highest BCUT2D eigenvalue weighted by Gasteiger charge is 2.08. The first-order valence-electron chi connectivity index (χ1n) is 6.58. The predicted octanol–water partition coefficient (Wildman–Crippen LogP) is 3.78. The fourth-order valence-electron chi connectivity index (χ4n) is 2.03. The molecule has 0 saturated carbocycles. The lowest BCUT2D eigenvalue weighted by Gasteiger charge is -2.07. The van der Waals surface area contributed by atoms with Gasteiger partial charge < -0.3 is 4.74 Å². The van der Waals surface area contributed by atoms with E-state index in [1.807, 2.05) is 42.6 Å². The molecule has 5 heteroatoms. The van der Waals surface area contributed by atoms with Gasteiger partial charge in [-0.05, 0) is 30.9 Å². The van der Waals surface area contributed by atoms with Crippen molar-refractivity contribution >= 4 is 27.3 Å². The highest BCUT2D eigenvalue weighted by Crippen LogP contribution is 2.27. The van der Waals surface area contributed by atoms with E-state index >= 15 is 0 Å². The second kappa shape index (κ2) is 5.61. The monoisotopic (exact) mass is 298 g/mol. The minimum absolute atomic E-state index is 0.0638. The van der Waals surface area contributed by atoms with Crippen molar-refractivity contribution in [1.29, 1.82) is 0 Å². The summed E-state index contributed by atoms with van der Waals surface area (Å²) in [4.78, 5) is 20.9. The fourth-order valence-corrected chi connectivity index (χ4v) is 2.83. The summed E-state index contributed by atoms with van der Waals surface area (Å²) in [5, 5.41) is 2.92. The first-order valence-corrected chi connectivity index (χ1v) is 7.46. The number of Topliss-reactive ketones (excluding diaryl/α,β-unsaturated/α-hetero) is 1. The molecule has 0 atom stereocenters. The van der Waals surface area contributed by atoms with Crippen LogP contribution in [0.5, 0.6) is 5.88 Å². The van der Waals surface area contributed by atoms with E-state index in [-0.39, 0.29) is 5.78 Å². The van der Waals surface area contributed by atoms with Crippen molar-refractivity contribution in [3.05, 3.63) is 52.7 Å². The molecule has 3 rings (SSSR count). The molecular weight excluding hydrogens is 284 g/mol. The molecular formula is C16H14N2O2S. The van der Waals surface area contributed by atoms with Gasteiger partial charge in [0, 0.05) is 5.56 Å². The van der Waals surface area contributed by atoms with Gasteiger partial charge in [-0.3, -0.25) is 4.79 Å². The maximum absolute atomic E-state index is 11.2. The van der Waals surface area contributed by atoms with E-state index in [1.54, 1.807) is 18.3 Å². The number of hydrogen-bond donors (Lipinski definition) is 0. The van der Waals surface area contributed by atoms with Gasteiger partial charge in [0.1, 0.15) is 17.3 Å². The molecule has 2 aromatic heterocycles. The van der Waals surface area contributed by atoms with Crippen molar-refractivity contribution in [3.63, 3.8) is 0 Å². The number of fused-ring (bicyclic) bond motifs is 1. The maximum Gasteiger partial charge on any atom is 0.225 e. The number of ether oxygens (including phenoxy) is 1. The topological polar surface area (TPSA) is 52.1 Å². The molecule has 2 heterocycles. The molecule has 0 fully saturated rings. The lowest BCUT2D eigenvalue weighted by Crippen LogP contribution is -2.00. The van der Waals surface area contributed by atoms with Gasteiger partial charge in [-0.15, -0.1) is 11.3 Å². The maximum atomic E-state index is 11.2. The Labute approximate surface area is 126 Å². The van der Waals surface area contributed by atoms with Crippen molar-refractivity contribution in [3.8, 4) is 5.88 Å². The van der Waals surface area contributed by atoms with Gasteiger partial charge in [0.25, 0.3) is 0 Å². The quantitative estimate of drug-likeness (QED) is 0.688. The Balaban J connectivity index is 1.80. The van der Waals surface area contributed by atoms with Crippen LogP contribution >= 0.6 is 11.3 Å². The first-order chi connectivity index (χ1) is 10.1. The van der Waals surface area contributed by atoms with Crippen molar-refractivity contribution in [2.75, 3.05) is 0 Å². The van der Waals surface area contributed by atoms with Gasteiger partial charge in [0.15, 0.2) is 5.78 Å². The number of hydrogen-bond acceptors (Lipinski definition) is 5. The van der Waals surface area contributed by atoms with Gasteiger partial charge in [-0.2, -0.15) is 4.98 Å². The smallest absolute Gasteiger partial charge is 0.225 e. The van der Waals surface area contributed by atoms with Gasteiger partial charge in [-0.1, -0.05) is 24.3 Å². The van der Waals surface area contributed by atoms with Crippen molar-refractivity contribution in [2.24, 2.45) is 0 Å². The summed E-state index contributed by atoms with van der Waals surface area (Å²) in [6.07, 6.45) is 0. The summed E-state index contributed by atoms with van der Waals surface area (Å²) in [6.45, 7) is 3.83. The Hall–Kier alpha value is -2.27. The van der Waals surface area contributed by atoms with Gasteiger partial charge in [0.2, 0.25) is 5.88 Å². The van der Waals surface area contributed by atoms with Crippen molar-refractivity contribution in [1.82, 2.24) is 9.97 Å². The number of ketones is 1. The van der Waals surface area contributed by atoms with Crippen LogP contribution in [0.25, 0.3) is 10.2 Å². The minimum atomic E-state index is 0.0638. The lowest BCUT2D eigenvalue weighted by atomic mass is 10.1. The molecule has 0 N–H and O–H groups in total. The number of aromatic nitrogens is 2. The van der Waals surface area contributed by atoms with Crippen LogP contribution in [0.15, 0.2) is 35.7 Å². The zero-order valence-corrected chi connectivity index (χ0v) is 12.6. The van der Waals surface area contributed by atoms with Crippen LogP contribution in [-0.4, -0.2) is 15.8 Å². The molecule has 0 amide bonds. The summed E-state index contributed by atoms with van der Waals surface area (Å²) in [5.41, 5.74) is 1.71. The van der Waals surface area contributed by atoms with E-state index in [9.17, 15) is 4.79 Å². The average Bonchev–Trinajstić information content (AvgIpc) is 2.93. The second-order valence-corrected chi connectivity index (χ2v) is 5.65. The van der Waals surface area contributed by atoms with Crippen molar-refractivity contribution in [2.45, 2.75) is 20.5 Å². The number of thiophene rings is 1. The molecule has 0 aliphatic heterocycles. The molecule has 0 bridgehead atoms. The summed E-state index contributed by atoms with van der Waals surface area (Å²) in [6, 6.07) is 9.39. The van der Waals surface area contributed by atoms with Crippen LogP contribution in [-0.2, 0) is 6.61 Å². The zero-order chi connectivity index (χ0) is 14.8. The Bertz CT molecular complexity index is 794. The molecule has 106 valence electrons. The van der Waals surface area contributed by atoms with E-state index in [0.29, 0.717) is 23.9 Å². The third-order valence-corrected chi connectivity index (χ3v) is 3.94. The van der Waals surface area contributed by atoms with Crippen LogP contribution < -0.4 is 4.74 Å². The molecule has 0 spiro atoms. The fraction of sp³-hybridized carbons (Fsp3) is 0.188. The predicted molar refractivity (Wildman–Crippen MR) is 82.9 cm³/mol. The molecule has 4 nitrogen and oxygen atoms in total. The summed E-state index contributed by atoms with van der Waals surface area (Å²) >= 11 is 1.57. The van der Waals surface area contributed by atoms with E-state index in [2.05, 4.69) is 9.97 Å². The molecule has 0 aliphatic rings. The Kier molecular flexibility index (Phi) is 3.66. The highest BCUT2D eigenvalue weighted by molar-refractivity contribution is 7.16. The zero-order valence-electron chi connectivity index (χ0n) is 11.8. The molecule has 0 aliphatic carbocycles. The van der Waals surface area contributed by atoms with Gasteiger partial charge in [-0.25, -0.2) is 4.98 Å². The Morgan fingerprint density at radius 3 is 2.67 bits per heavy atom. The van der Waals surface area contributed by atoms with Gasteiger partial charge >= 0.3 is 0 Å². The molecule has 3 aromatic rings. The van der Waals surface area contributed by atoms with Gasteiger partial charge in [0.05, 0.1) is 5.39 Å². The summed E-state index contributed by atoms with van der Waals surface area (Å²) in [7, 11) is 0. The van der Waals surface area contributed by atoms with E-state index in [1.165, 1.54) is 0 Å². The lowest BCUT2D eigenvalue weighted by molar-refractivity contribution is 0.101. The number of aryl methyl sites for hydroxylation is 1. The minimum Gasteiger partial charge on any atom is -0.472 e. The first kappa shape index (κ1) is 13.7. The second-order valence-electron chi connectivity index (χ2n) is 4.76. The number of nitrogens with zero attached hydrogens (tertiary/aromatic N) is 2. The summed E-state index contributed by atoms with van der Waals surface area (Å²) in [5.74, 6) is 1.37. The third-order valence-electron chi connectivity index (χ3n) is 3.14. The van der Waals surface area contributed by atoms with Crippen LogP contribution in [0.2, 0.25) is 0 Å². The Morgan fingerprint density at radius 2 is 1.95 bits per heavy atom. The molecule has 0 unspecified atom stereocenters. The third kappa shape index (κ3) is 2.92. The largest absolute Gasteiger partial charge is 0.472 e. The van der Waals surface area contributed by atoms with E-state index in [0.717, 1.165) is 15.8 Å². The van der Waals surface area contributed by atoms with Crippen LogP contribution in [0.1, 0.15) is 28.7 Å². The van der Waals surface area contributed by atoms with Crippen molar-refractivity contribution < 1.29 is 9.53 Å². The average molecular weight is 298 g/mol.